The Balaban J connectivity index is 2.71. The van der Waals surface area contributed by atoms with Gasteiger partial charge in [0.2, 0.25) is 0 Å². The highest BCUT2D eigenvalue weighted by molar-refractivity contribution is 5.90. The fraction of sp³-hybridized carbons (Fsp3) is 0.308. The average Bonchev–Trinajstić information content (AvgIpc) is 2.38. The molecule has 0 aliphatic heterocycles. The van der Waals surface area contributed by atoms with Gasteiger partial charge in [-0.25, -0.2) is 10.2 Å². The van der Waals surface area contributed by atoms with Crippen LogP contribution in [0.1, 0.15) is 12.5 Å². The Morgan fingerprint density at radius 2 is 2.11 bits per heavy atom. The van der Waals surface area contributed by atoms with E-state index in [1.807, 2.05) is 30.3 Å². The van der Waals surface area contributed by atoms with Crippen LogP contribution in [0.25, 0.3) is 0 Å². The van der Waals surface area contributed by atoms with E-state index in [4.69, 9.17) is 10.5 Å². The van der Waals surface area contributed by atoms with Crippen molar-refractivity contribution < 1.29 is 14.3 Å². The van der Waals surface area contributed by atoms with Crippen LogP contribution in [0.5, 0.6) is 0 Å². The standard InChI is InChI=1S/C13H17N3O3/c1-2-19-12(17)11(9-15-16-13(14)18)8-10-6-4-3-5-7-10/h3-7,9,11H,2,8H2,1H3,(H3,14,16,18). The molecule has 3 N–H and O–H groups in total. The van der Waals surface area contributed by atoms with Crippen molar-refractivity contribution in [3.63, 3.8) is 0 Å². The maximum absolute atomic E-state index is 11.8. The Morgan fingerprint density at radius 1 is 1.42 bits per heavy atom. The minimum atomic E-state index is -0.779. The molecule has 1 aromatic carbocycles. The van der Waals surface area contributed by atoms with Gasteiger partial charge in [-0.05, 0) is 18.9 Å². The average molecular weight is 263 g/mol. The molecule has 0 aliphatic carbocycles. The Kier molecular flexibility index (Phi) is 6.08. The molecule has 1 unspecified atom stereocenters. The molecule has 6 heteroatoms. The number of primary amides is 1. The summed E-state index contributed by atoms with van der Waals surface area (Å²) in [6.45, 7) is 2.03. The van der Waals surface area contributed by atoms with Crippen LogP contribution >= 0.6 is 0 Å². The lowest BCUT2D eigenvalue weighted by molar-refractivity contribution is -0.145. The summed E-state index contributed by atoms with van der Waals surface area (Å²) in [5.74, 6) is -0.949. The first-order chi connectivity index (χ1) is 9.13. The van der Waals surface area contributed by atoms with Crippen LogP contribution in [0.2, 0.25) is 0 Å². The van der Waals surface area contributed by atoms with Crippen LogP contribution in [0.15, 0.2) is 35.4 Å². The number of ether oxygens (including phenoxy) is 1. The number of rotatable bonds is 6. The Bertz CT molecular complexity index is 446. The quantitative estimate of drug-likeness (QED) is 0.456. The predicted octanol–water partition coefficient (Wildman–Crippen LogP) is 1.06. The summed E-state index contributed by atoms with van der Waals surface area (Å²) in [4.78, 5) is 22.3. The SMILES string of the molecule is CCOC(=O)C(C=NNC(N)=O)Cc1ccccc1. The van der Waals surface area contributed by atoms with Crippen molar-refractivity contribution in [1.29, 1.82) is 0 Å². The third-order valence-electron chi connectivity index (χ3n) is 2.32. The minimum absolute atomic E-state index is 0.293. The van der Waals surface area contributed by atoms with E-state index in [-0.39, 0.29) is 5.97 Å². The Labute approximate surface area is 111 Å². The molecule has 0 saturated carbocycles. The molecule has 0 aromatic heterocycles. The summed E-state index contributed by atoms with van der Waals surface area (Å²) in [7, 11) is 0. The third-order valence-corrected chi connectivity index (χ3v) is 2.32. The van der Waals surface area contributed by atoms with E-state index in [2.05, 4.69) is 10.5 Å². The zero-order chi connectivity index (χ0) is 14.1. The van der Waals surface area contributed by atoms with Crippen LogP contribution in [0.3, 0.4) is 0 Å². The molecule has 0 aliphatic rings. The molecule has 19 heavy (non-hydrogen) atoms. The number of benzene rings is 1. The van der Waals surface area contributed by atoms with Crippen LogP contribution in [-0.4, -0.2) is 24.8 Å². The number of carbonyl (C=O) groups is 2. The van der Waals surface area contributed by atoms with E-state index in [0.29, 0.717) is 13.0 Å². The van der Waals surface area contributed by atoms with Crippen LogP contribution < -0.4 is 11.2 Å². The Morgan fingerprint density at radius 3 is 2.68 bits per heavy atom. The lowest BCUT2D eigenvalue weighted by Gasteiger charge is -2.11. The van der Waals surface area contributed by atoms with Crippen molar-refractivity contribution in [3.8, 4) is 0 Å². The maximum atomic E-state index is 11.8. The zero-order valence-corrected chi connectivity index (χ0v) is 10.7. The zero-order valence-electron chi connectivity index (χ0n) is 10.7. The molecule has 0 fully saturated rings. The molecular weight excluding hydrogens is 246 g/mol. The van der Waals surface area contributed by atoms with Gasteiger partial charge in [-0.15, -0.1) is 0 Å². The van der Waals surface area contributed by atoms with Gasteiger partial charge in [0.05, 0.1) is 12.5 Å². The van der Waals surface area contributed by atoms with Gasteiger partial charge in [0, 0.05) is 6.21 Å². The van der Waals surface area contributed by atoms with Gasteiger partial charge in [-0.3, -0.25) is 4.79 Å². The van der Waals surface area contributed by atoms with Crippen molar-refractivity contribution in [3.05, 3.63) is 35.9 Å². The molecule has 1 rings (SSSR count). The van der Waals surface area contributed by atoms with E-state index in [1.54, 1.807) is 6.92 Å². The number of esters is 1. The van der Waals surface area contributed by atoms with Crippen LogP contribution in [0.4, 0.5) is 4.79 Å². The summed E-state index contributed by atoms with van der Waals surface area (Å²) in [6, 6.07) is 8.69. The highest BCUT2D eigenvalue weighted by atomic mass is 16.5. The topological polar surface area (TPSA) is 93.8 Å². The van der Waals surface area contributed by atoms with Gasteiger partial charge < -0.3 is 10.5 Å². The lowest BCUT2D eigenvalue weighted by Crippen LogP contribution is -2.27. The largest absolute Gasteiger partial charge is 0.465 e. The lowest BCUT2D eigenvalue weighted by atomic mass is 10.0. The molecule has 1 atom stereocenters. The summed E-state index contributed by atoms with van der Waals surface area (Å²) in [5, 5.41) is 3.62. The summed E-state index contributed by atoms with van der Waals surface area (Å²) in [5.41, 5.74) is 7.92. The molecule has 102 valence electrons. The van der Waals surface area contributed by atoms with Gasteiger partial charge in [-0.1, -0.05) is 30.3 Å². The van der Waals surface area contributed by atoms with Gasteiger partial charge in [0.25, 0.3) is 0 Å². The third kappa shape index (κ3) is 5.67. The first kappa shape index (κ1) is 14.7. The van der Waals surface area contributed by atoms with Crippen molar-refractivity contribution >= 4 is 18.2 Å². The molecule has 0 saturated heterocycles. The second-order valence-electron chi connectivity index (χ2n) is 3.80. The maximum Gasteiger partial charge on any atom is 0.332 e. The molecule has 6 nitrogen and oxygen atoms in total. The van der Waals surface area contributed by atoms with Crippen molar-refractivity contribution in [2.75, 3.05) is 6.61 Å². The molecule has 0 radical (unpaired) electrons. The highest BCUT2D eigenvalue weighted by Crippen LogP contribution is 2.09. The summed E-state index contributed by atoms with van der Waals surface area (Å²) in [6.07, 6.45) is 1.78. The van der Waals surface area contributed by atoms with Crippen molar-refractivity contribution in [1.82, 2.24) is 5.43 Å². The van der Waals surface area contributed by atoms with Gasteiger partial charge in [0.1, 0.15) is 0 Å². The molecule has 1 aromatic rings. The number of carbonyl (C=O) groups excluding carboxylic acids is 2. The van der Waals surface area contributed by atoms with Gasteiger partial charge in [0.15, 0.2) is 0 Å². The second kappa shape index (κ2) is 7.86. The normalized spacial score (nSPS) is 12.1. The monoisotopic (exact) mass is 263 g/mol. The van der Waals surface area contributed by atoms with E-state index < -0.39 is 11.9 Å². The molecule has 2 amide bonds. The number of hydrazone groups is 1. The number of hydrogen-bond acceptors (Lipinski definition) is 4. The number of nitrogens with one attached hydrogen (secondary N) is 1. The molecule has 0 bridgehead atoms. The van der Waals surface area contributed by atoms with Crippen molar-refractivity contribution in [2.24, 2.45) is 16.8 Å². The minimum Gasteiger partial charge on any atom is -0.465 e. The van der Waals surface area contributed by atoms with E-state index >= 15 is 0 Å². The van der Waals surface area contributed by atoms with Crippen molar-refractivity contribution in [2.45, 2.75) is 13.3 Å². The first-order valence-corrected chi connectivity index (χ1v) is 5.92. The molecular formula is C13H17N3O3. The summed E-state index contributed by atoms with van der Waals surface area (Å²) < 4.78 is 4.96. The number of amides is 2. The fourth-order valence-electron chi connectivity index (χ4n) is 1.51. The summed E-state index contributed by atoms with van der Waals surface area (Å²) >= 11 is 0. The first-order valence-electron chi connectivity index (χ1n) is 5.92. The van der Waals surface area contributed by atoms with Crippen LogP contribution in [0, 0.1) is 5.92 Å². The number of nitrogens with zero attached hydrogens (tertiary/aromatic N) is 1. The Hall–Kier alpha value is -2.37. The molecule has 0 heterocycles. The number of nitrogens with two attached hydrogens (primary N) is 1. The molecule has 0 spiro atoms. The smallest absolute Gasteiger partial charge is 0.332 e. The van der Waals surface area contributed by atoms with E-state index in [9.17, 15) is 9.59 Å². The van der Waals surface area contributed by atoms with Gasteiger partial charge in [-0.2, -0.15) is 5.10 Å². The van der Waals surface area contributed by atoms with E-state index in [1.165, 1.54) is 6.21 Å². The number of urea groups is 1. The highest BCUT2D eigenvalue weighted by Gasteiger charge is 2.18. The number of hydrogen-bond donors (Lipinski definition) is 2. The van der Waals surface area contributed by atoms with E-state index in [0.717, 1.165) is 5.56 Å². The van der Waals surface area contributed by atoms with Gasteiger partial charge >= 0.3 is 12.0 Å². The fourth-order valence-corrected chi connectivity index (χ4v) is 1.51. The van der Waals surface area contributed by atoms with Crippen LogP contribution in [-0.2, 0) is 16.0 Å². The predicted molar refractivity (Wildman–Crippen MR) is 71.5 cm³/mol. The second-order valence-corrected chi connectivity index (χ2v) is 3.80.